The van der Waals surface area contributed by atoms with Crippen LogP contribution in [0.1, 0.15) is 0 Å². The third-order valence-corrected chi connectivity index (χ3v) is 6.92. The van der Waals surface area contributed by atoms with Gasteiger partial charge in [-0.25, -0.2) is 8.42 Å². The summed E-state index contributed by atoms with van der Waals surface area (Å²) in [5.41, 5.74) is 1.08. The van der Waals surface area contributed by atoms with E-state index in [2.05, 4.69) is 30.8 Å². The van der Waals surface area contributed by atoms with Gasteiger partial charge < -0.3 is 0 Å². The Morgan fingerprint density at radius 3 is 2.90 bits per heavy atom. The zero-order valence-corrected chi connectivity index (χ0v) is 13.7. The predicted octanol–water partition coefficient (Wildman–Crippen LogP) is 3.84. The van der Waals surface area contributed by atoms with Gasteiger partial charge in [0, 0.05) is 5.39 Å². The molecule has 2 N–H and O–H groups in total. The number of aromatic amines is 1. The highest BCUT2D eigenvalue weighted by atomic mass is 79.9. The fourth-order valence-electron chi connectivity index (χ4n) is 1.71. The van der Waals surface area contributed by atoms with E-state index in [0.717, 1.165) is 16.7 Å². The van der Waals surface area contributed by atoms with Crippen LogP contribution in [0.4, 0.5) is 5.69 Å². The van der Waals surface area contributed by atoms with Crippen LogP contribution in [-0.4, -0.2) is 18.6 Å². The van der Waals surface area contributed by atoms with E-state index in [1.165, 1.54) is 6.07 Å². The number of H-pyrrole nitrogens is 1. The number of halogens is 2. The van der Waals surface area contributed by atoms with Crippen molar-refractivity contribution in [1.82, 2.24) is 10.2 Å². The van der Waals surface area contributed by atoms with E-state index in [0.29, 0.717) is 20.0 Å². The number of hydrogen-bond donors (Lipinski definition) is 2. The summed E-state index contributed by atoms with van der Waals surface area (Å²) in [4.78, 5) is 0. The number of nitrogens with one attached hydrogen (secondary N) is 2. The molecule has 0 radical (unpaired) electrons. The number of anilines is 1. The smallest absolute Gasteiger partial charge is 0.271 e. The Labute approximate surface area is 132 Å². The lowest BCUT2D eigenvalue weighted by atomic mass is 10.2. The van der Waals surface area contributed by atoms with Gasteiger partial charge in [-0.15, -0.1) is 11.3 Å². The number of rotatable bonds is 3. The van der Waals surface area contributed by atoms with Gasteiger partial charge in [-0.05, 0) is 28.1 Å². The van der Waals surface area contributed by atoms with Gasteiger partial charge in [-0.1, -0.05) is 23.7 Å². The summed E-state index contributed by atoms with van der Waals surface area (Å²) in [5, 5.41) is 7.87. The van der Waals surface area contributed by atoms with E-state index in [4.69, 9.17) is 11.6 Å². The Kier molecular flexibility index (Phi) is 3.49. The van der Waals surface area contributed by atoms with Crippen molar-refractivity contribution in [2.24, 2.45) is 0 Å². The molecule has 0 atom stereocenters. The summed E-state index contributed by atoms with van der Waals surface area (Å²) >= 11 is 10.1. The number of fused-ring (bicyclic) bond motifs is 1. The highest BCUT2D eigenvalue weighted by Crippen LogP contribution is 2.35. The molecule has 5 nitrogen and oxygen atoms in total. The van der Waals surface area contributed by atoms with Crippen molar-refractivity contribution in [3.63, 3.8) is 0 Å². The number of benzene rings is 1. The maximum absolute atomic E-state index is 12.3. The maximum atomic E-state index is 12.3. The van der Waals surface area contributed by atoms with Crippen molar-refractivity contribution in [3.8, 4) is 0 Å². The van der Waals surface area contributed by atoms with Gasteiger partial charge in [0.2, 0.25) is 0 Å². The van der Waals surface area contributed by atoms with Crippen LogP contribution in [0.25, 0.3) is 10.9 Å². The molecule has 0 aliphatic rings. The van der Waals surface area contributed by atoms with Crippen molar-refractivity contribution in [3.05, 3.63) is 39.3 Å². The molecule has 3 aromatic rings. The monoisotopic (exact) mass is 391 g/mol. The van der Waals surface area contributed by atoms with Crippen LogP contribution in [0.5, 0.6) is 0 Å². The van der Waals surface area contributed by atoms with E-state index >= 15 is 0 Å². The van der Waals surface area contributed by atoms with Crippen molar-refractivity contribution in [2.45, 2.75) is 4.21 Å². The molecule has 0 bridgehead atoms. The molecule has 0 saturated carbocycles. The summed E-state index contributed by atoms with van der Waals surface area (Å²) in [7, 11) is -3.68. The van der Waals surface area contributed by atoms with Gasteiger partial charge in [0.15, 0.2) is 0 Å². The largest absolute Gasteiger partial charge is 0.277 e. The van der Waals surface area contributed by atoms with Crippen LogP contribution in [-0.2, 0) is 10.0 Å². The minimum Gasteiger partial charge on any atom is -0.277 e. The quantitative estimate of drug-likeness (QED) is 0.711. The molecule has 0 unspecified atom stereocenters. The molecule has 20 heavy (non-hydrogen) atoms. The molecule has 0 aliphatic carbocycles. The first-order valence-corrected chi connectivity index (χ1v) is 8.84. The number of aromatic nitrogens is 2. The van der Waals surface area contributed by atoms with E-state index in [-0.39, 0.29) is 4.21 Å². The molecule has 0 aliphatic heterocycles. The number of para-hydroxylation sites is 1. The number of nitrogens with zero attached hydrogens (tertiary/aromatic N) is 1. The Morgan fingerprint density at radius 2 is 2.20 bits per heavy atom. The lowest BCUT2D eigenvalue weighted by Crippen LogP contribution is -2.11. The van der Waals surface area contributed by atoms with Crippen molar-refractivity contribution >= 4 is 65.5 Å². The number of hydrogen-bond acceptors (Lipinski definition) is 4. The fourth-order valence-corrected chi connectivity index (χ4v) is 5.18. The Bertz CT molecular complexity index is 869. The van der Waals surface area contributed by atoms with Crippen LogP contribution in [0.3, 0.4) is 0 Å². The molecule has 2 heterocycles. The average Bonchev–Trinajstić information content (AvgIpc) is 2.98. The normalized spacial score (nSPS) is 11.9. The van der Waals surface area contributed by atoms with Gasteiger partial charge in [-0.3, -0.25) is 9.82 Å². The van der Waals surface area contributed by atoms with Gasteiger partial charge >= 0.3 is 0 Å². The highest BCUT2D eigenvalue weighted by Gasteiger charge is 2.20. The summed E-state index contributed by atoms with van der Waals surface area (Å²) in [6.45, 7) is 0. The highest BCUT2D eigenvalue weighted by molar-refractivity contribution is 9.11. The lowest BCUT2D eigenvalue weighted by Gasteiger charge is -2.06. The van der Waals surface area contributed by atoms with E-state index < -0.39 is 10.0 Å². The Morgan fingerprint density at radius 1 is 1.40 bits per heavy atom. The number of sulfonamides is 1. The van der Waals surface area contributed by atoms with Gasteiger partial charge in [0.1, 0.15) is 4.21 Å². The van der Waals surface area contributed by atoms with Crippen LogP contribution in [0.15, 0.2) is 38.5 Å². The summed E-state index contributed by atoms with van der Waals surface area (Å²) < 4.78 is 27.9. The molecule has 3 rings (SSSR count). The van der Waals surface area contributed by atoms with Crippen molar-refractivity contribution in [2.75, 3.05) is 4.72 Å². The van der Waals surface area contributed by atoms with Crippen LogP contribution >= 0.6 is 38.9 Å². The minimum absolute atomic E-state index is 0.144. The van der Waals surface area contributed by atoms with Crippen LogP contribution in [0.2, 0.25) is 5.02 Å². The molecular weight excluding hydrogens is 386 g/mol. The Balaban J connectivity index is 2.03. The summed E-state index contributed by atoms with van der Waals surface area (Å²) in [6.07, 6.45) is 1.63. The molecule has 1 aromatic carbocycles. The standard InChI is InChI=1S/C11H7BrClN3O2S2/c12-11-7(13)4-9(19-11)20(17,18)16-8-3-1-2-6-5-14-15-10(6)8/h1-5,16H,(H,14,15). The summed E-state index contributed by atoms with van der Waals surface area (Å²) in [5.74, 6) is 0. The fraction of sp³-hybridized carbons (Fsp3) is 0. The van der Waals surface area contributed by atoms with E-state index in [9.17, 15) is 8.42 Å². The Hall–Kier alpha value is -1.09. The van der Waals surface area contributed by atoms with Crippen molar-refractivity contribution < 1.29 is 8.42 Å². The van der Waals surface area contributed by atoms with E-state index in [1.54, 1.807) is 18.3 Å². The molecule has 2 aromatic heterocycles. The molecule has 9 heteroatoms. The third-order valence-electron chi connectivity index (χ3n) is 2.61. The molecule has 104 valence electrons. The number of thiophene rings is 1. The molecule has 0 saturated heterocycles. The molecule has 0 fully saturated rings. The molecular formula is C11H7BrClN3O2S2. The SMILES string of the molecule is O=S(=O)(Nc1cccc2cn[nH]c12)c1cc(Cl)c(Br)s1. The maximum Gasteiger partial charge on any atom is 0.271 e. The van der Waals surface area contributed by atoms with Crippen molar-refractivity contribution in [1.29, 1.82) is 0 Å². The van der Waals surface area contributed by atoms with Crippen LogP contribution in [0, 0.1) is 0 Å². The predicted molar refractivity (Wildman–Crippen MR) is 83.9 cm³/mol. The van der Waals surface area contributed by atoms with Gasteiger partial charge in [0.05, 0.1) is 26.2 Å². The first-order chi connectivity index (χ1) is 9.47. The van der Waals surface area contributed by atoms with Crippen LogP contribution < -0.4 is 4.72 Å². The second-order valence-corrected chi connectivity index (χ2v) is 8.62. The first-order valence-electron chi connectivity index (χ1n) is 5.37. The molecule has 0 amide bonds. The second-order valence-electron chi connectivity index (χ2n) is 3.93. The van der Waals surface area contributed by atoms with Gasteiger partial charge in [-0.2, -0.15) is 5.10 Å². The first kappa shape index (κ1) is 13.9. The third kappa shape index (κ3) is 2.44. The van der Waals surface area contributed by atoms with E-state index in [1.807, 2.05) is 6.07 Å². The minimum atomic E-state index is -3.68. The molecule has 0 spiro atoms. The second kappa shape index (κ2) is 5.03. The van der Waals surface area contributed by atoms with Gasteiger partial charge in [0.25, 0.3) is 10.0 Å². The zero-order valence-electron chi connectivity index (χ0n) is 9.72. The summed E-state index contributed by atoms with van der Waals surface area (Å²) in [6, 6.07) is 6.68. The average molecular weight is 393 g/mol. The zero-order chi connectivity index (χ0) is 14.3. The lowest BCUT2D eigenvalue weighted by molar-refractivity contribution is 0.603. The topological polar surface area (TPSA) is 74.8 Å².